The summed E-state index contributed by atoms with van der Waals surface area (Å²) in [5.74, 6) is 0.826. The number of aryl methyl sites for hydroxylation is 1. The molecule has 2 aromatic rings. The Morgan fingerprint density at radius 3 is 2.63 bits per heavy atom. The van der Waals surface area contributed by atoms with Crippen molar-refractivity contribution in [1.82, 2.24) is 14.9 Å². The van der Waals surface area contributed by atoms with Gasteiger partial charge in [-0.15, -0.1) is 0 Å². The standard InChI is InChI=1S/C20H29N5O2/c1-13-8-7-9-15(14(13)2)16-12-17(24-18(21)23-16)22-10-11-25(6)19(26)27-20(3,4)5/h7-9,12H,10-11H2,1-6H3,(H3,21,22,23,24). The van der Waals surface area contributed by atoms with Gasteiger partial charge in [-0.3, -0.25) is 0 Å². The molecule has 1 aromatic heterocycles. The first-order valence-corrected chi connectivity index (χ1v) is 8.96. The van der Waals surface area contributed by atoms with E-state index in [2.05, 4.69) is 35.2 Å². The van der Waals surface area contributed by atoms with Crippen LogP contribution >= 0.6 is 0 Å². The molecule has 7 nitrogen and oxygen atoms in total. The van der Waals surface area contributed by atoms with E-state index in [1.165, 1.54) is 10.5 Å². The lowest BCUT2D eigenvalue weighted by atomic mass is 10.0. The van der Waals surface area contributed by atoms with Gasteiger partial charge >= 0.3 is 6.09 Å². The van der Waals surface area contributed by atoms with Crippen LogP contribution in [0.5, 0.6) is 0 Å². The zero-order valence-corrected chi connectivity index (χ0v) is 17.0. The van der Waals surface area contributed by atoms with Crippen LogP contribution in [0.25, 0.3) is 11.3 Å². The van der Waals surface area contributed by atoms with Crippen molar-refractivity contribution in [3.8, 4) is 11.3 Å². The Morgan fingerprint density at radius 2 is 1.96 bits per heavy atom. The van der Waals surface area contributed by atoms with E-state index in [4.69, 9.17) is 10.5 Å². The van der Waals surface area contributed by atoms with Gasteiger partial charge in [0.25, 0.3) is 0 Å². The summed E-state index contributed by atoms with van der Waals surface area (Å²) < 4.78 is 5.34. The van der Waals surface area contributed by atoms with Crippen LogP contribution in [0.1, 0.15) is 31.9 Å². The first-order valence-electron chi connectivity index (χ1n) is 8.96. The van der Waals surface area contributed by atoms with E-state index in [0.717, 1.165) is 16.8 Å². The van der Waals surface area contributed by atoms with E-state index >= 15 is 0 Å². The fourth-order valence-corrected chi connectivity index (χ4v) is 2.51. The molecule has 3 N–H and O–H groups in total. The molecule has 0 spiro atoms. The highest BCUT2D eigenvalue weighted by atomic mass is 16.6. The van der Waals surface area contributed by atoms with E-state index in [9.17, 15) is 4.79 Å². The maximum atomic E-state index is 12.0. The van der Waals surface area contributed by atoms with E-state index in [1.54, 1.807) is 7.05 Å². The molecule has 7 heteroatoms. The van der Waals surface area contributed by atoms with Gasteiger partial charge in [0, 0.05) is 31.8 Å². The van der Waals surface area contributed by atoms with Crippen molar-refractivity contribution in [2.75, 3.05) is 31.2 Å². The molecule has 0 aliphatic rings. The number of hydrogen-bond donors (Lipinski definition) is 2. The molecule has 0 fully saturated rings. The van der Waals surface area contributed by atoms with Gasteiger partial charge < -0.3 is 20.7 Å². The lowest BCUT2D eigenvalue weighted by Gasteiger charge is -2.24. The lowest BCUT2D eigenvalue weighted by molar-refractivity contribution is 0.0305. The van der Waals surface area contributed by atoms with Crippen molar-refractivity contribution in [3.05, 3.63) is 35.4 Å². The molecule has 0 atom stereocenters. The van der Waals surface area contributed by atoms with Crippen LogP contribution < -0.4 is 11.1 Å². The minimum Gasteiger partial charge on any atom is -0.444 e. The molecular formula is C20H29N5O2. The van der Waals surface area contributed by atoms with E-state index < -0.39 is 5.60 Å². The molecule has 0 aliphatic heterocycles. The first kappa shape index (κ1) is 20.5. The number of benzene rings is 1. The number of rotatable bonds is 5. The normalized spacial score (nSPS) is 11.2. The van der Waals surface area contributed by atoms with E-state index in [1.807, 2.05) is 39.0 Å². The third kappa shape index (κ3) is 5.84. The number of amides is 1. The summed E-state index contributed by atoms with van der Waals surface area (Å²) in [6.07, 6.45) is -0.359. The van der Waals surface area contributed by atoms with Crippen molar-refractivity contribution in [3.63, 3.8) is 0 Å². The molecule has 2 rings (SSSR count). The van der Waals surface area contributed by atoms with Crippen molar-refractivity contribution < 1.29 is 9.53 Å². The van der Waals surface area contributed by atoms with Crippen LogP contribution in [0.2, 0.25) is 0 Å². The molecule has 0 saturated heterocycles. The summed E-state index contributed by atoms with van der Waals surface area (Å²) in [5.41, 5.74) is 9.52. The zero-order valence-electron chi connectivity index (χ0n) is 17.0. The Balaban J connectivity index is 2.05. The fourth-order valence-electron chi connectivity index (χ4n) is 2.51. The minimum atomic E-state index is -0.513. The average molecular weight is 371 g/mol. The zero-order chi connectivity index (χ0) is 20.2. The Bertz CT molecular complexity index is 815. The number of nitrogens with one attached hydrogen (secondary N) is 1. The second-order valence-electron chi connectivity index (χ2n) is 7.57. The summed E-state index contributed by atoms with van der Waals surface area (Å²) in [6.45, 7) is 10.6. The van der Waals surface area contributed by atoms with E-state index in [0.29, 0.717) is 18.9 Å². The average Bonchev–Trinajstić information content (AvgIpc) is 2.55. The van der Waals surface area contributed by atoms with Crippen LogP contribution in [-0.4, -0.2) is 46.7 Å². The highest BCUT2D eigenvalue weighted by molar-refractivity contribution is 5.69. The molecule has 146 valence electrons. The number of likely N-dealkylation sites (N-methyl/N-ethyl adjacent to an activating group) is 1. The Labute approximate surface area is 161 Å². The maximum absolute atomic E-state index is 12.0. The predicted octanol–water partition coefficient (Wildman–Crippen LogP) is 3.62. The molecule has 0 radical (unpaired) electrons. The quantitative estimate of drug-likeness (QED) is 0.834. The molecular weight excluding hydrogens is 342 g/mol. The van der Waals surface area contributed by atoms with Crippen molar-refractivity contribution in [2.24, 2.45) is 0 Å². The van der Waals surface area contributed by atoms with Gasteiger partial charge in [0.2, 0.25) is 5.95 Å². The first-order chi connectivity index (χ1) is 12.6. The number of nitrogens with two attached hydrogens (primary N) is 1. The number of aromatic nitrogens is 2. The Morgan fingerprint density at radius 1 is 1.26 bits per heavy atom. The highest BCUT2D eigenvalue weighted by Gasteiger charge is 2.19. The van der Waals surface area contributed by atoms with Gasteiger partial charge in [-0.05, 0) is 45.7 Å². The second kappa shape index (κ2) is 8.24. The summed E-state index contributed by atoms with van der Waals surface area (Å²) in [6, 6.07) is 7.95. The lowest BCUT2D eigenvalue weighted by Crippen LogP contribution is -2.36. The van der Waals surface area contributed by atoms with Crippen molar-refractivity contribution in [2.45, 2.75) is 40.2 Å². The van der Waals surface area contributed by atoms with E-state index in [-0.39, 0.29) is 12.0 Å². The van der Waals surface area contributed by atoms with Gasteiger partial charge in [-0.2, -0.15) is 4.98 Å². The summed E-state index contributed by atoms with van der Waals surface area (Å²) in [4.78, 5) is 22.1. The number of hydrogen-bond acceptors (Lipinski definition) is 6. The van der Waals surface area contributed by atoms with Crippen LogP contribution in [0.4, 0.5) is 16.6 Å². The van der Waals surface area contributed by atoms with Crippen LogP contribution in [0.15, 0.2) is 24.3 Å². The van der Waals surface area contributed by atoms with Gasteiger partial charge in [-0.25, -0.2) is 9.78 Å². The molecule has 0 aliphatic carbocycles. The Kier molecular flexibility index (Phi) is 6.25. The number of carbonyl (C=O) groups is 1. The third-order valence-electron chi connectivity index (χ3n) is 4.08. The smallest absolute Gasteiger partial charge is 0.410 e. The van der Waals surface area contributed by atoms with Gasteiger partial charge in [-0.1, -0.05) is 18.2 Å². The molecule has 1 aromatic carbocycles. The molecule has 0 bridgehead atoms. The van der Waals surface area contributed by atoms with Crippen molar-refractivity contribution in [1.29, 1.82) is 0 Å². The fraction of sp³-hybridized carbons (Fsp3) is 0.450. The molecule has 0 saturated carbocycles. The molecule has 1 heterocycles. The Hall–Kier alpha value is -2.83. The second-order valence-corrected chi connectivity index (χ2v) is 7.57. The predicted molar refractivity (Wildman–Crippen MR) is 109 cm³/mol. The maximum Gasteiger partial charge on any atom is 0.410 e. The number of ether oxygens (including phenoxy) is 1. The SMILES string of the molecule is Cc1cccc(-c2cc(NCCN(C)C(=O)OC(C)(C)C)nc(N)n2)c1C. The van der Waals surface area contributed by atoms with Gasteiger partial charge in [0.15, 0.2) is 0 Å². The van der Waals surface area contributed by atoms with Gasteiger partial charge in [0.05, 0.1) is 5.69 Å². The monoisotopic (exact) mass is 371 g/mol. The van der Waals surface area contributed by atoms with Crippen molar-refractivity contribution >= 4 is 17.9 Å². The van der Waals surface area contributed by atoms with Crippen LogP contribution in [0.3, 0.4) is 0 Å². The highest BCUT2D eigenvalue weighted by Crippen LogP contribution is 2.25. The van der Waals surface area contributed by atoms with Crippen LogP contribution in [-0.2, 0) is 4.74 Å². The third-order valence-corrected chi connectivity index (χ3v) is 4.08. The summed E-state index contributed by atoms with van der Waals surface area (Å²) in [5, 5.41) is 3.20. The topological polar surface area (TPSA) is 93.4 Å². The number of nitrogen functional groups attached to an aromatic ring is 1. The number of nitrogens with zero attached hydrogens (tertiary/aromatic N) is 3. The summed E-state index contributed by atoms with van der Waals surface area (Å²) in [7, 11) is 1.70. The van der Waals surface area contributed by atoms with Gasteiger partial charge in [0.1, 0.15) is 11.4 Å². The summed E-state index contributed by atoms with van der Waals surface area (Å²) >= 11 is 0. The minimum absolute atomic E-state index is 0.205. The van der Waals surface area contributed by atoms with Crippen LogP contribution in [0, 0.1) is 13.8 Å². The molecule has 27 heavy (non-hydrogen) atoms. The largest absolute Gasteiger partial charge is 0.444 e. The number of anilines is 2. The molecule has 0 unspecified atom stereocenters. The molecule has 1 amide bonds. The number of carbonyl (C=O) groups excluding carboxylic acids is 1.